The summed E-state index contributed by atoms with van der Waals surface area (Å²) in [4.78, 5) is 56.8. The highest BCUT2D eigenvalue weighted by Crippen LogP contribution is 2.39. The van der Waals surface area contributed by atoms with Gasteiger partial charge in [0.25, 0.3) is 11.8 Å². The lowest BCUT2D eigenvalue weighted by Gasteiger charge is -2.10. The van der Waals surface area contributed by atoms with Crippen molar-refractivity contribution in [2.75, 3.05) is 21.3 Å². The first-order chi connectivity index (χ1) is 22.9. The molecule has 248 valence electrons. The molecule has 2 aromatic heterocycles. The van der Waals surface area contributed by atoms with Crippen LogP contribution in [-0.4, -0.2) is 33.6 Å². The van der Waals surface area contributed by atoms with Crippen LogP contribution in [0.15, 0.2) is 73.1 Å². The maximum Gasteiger partial charge on any atom is 0.258 e. The Morgan fingerprint density at radius 3 is 1.23 bits per heavy atom. The quantitative estimate of drug-likeness (QED) is 0.143. The van der Waals surface area contributed by atoms with E-state index in [-0.39, 0.29) is 54.9 Å². The predicted octanol–water partition coefficient (Wildman–Crippen LogP) is 8.47. The molecule has 0 spiro atoms. The lowest BCUT2D eigenvalue weighted by Crippen LogP contribution is -2.16. The number of nitrogens with zero attached hydrogens (tertiary/aromatic N) is 2. The third-order valence-electron chi connectivity index (χ3n) is 7.81. The zero-order valence-electron chi connectivity index (χ0n) is 25.7. The number of aromatic nitrogens is 2. The average Bonchev–Trinajstić information content (AvgIpc) is 3.95. The maximum absolute atomic E-state index is 12.4. The van der Waals surface area contributed by atoms with Crippen LogP contribution < -0.4 is 21.3 Å². The smallest absolute Gasteiger partial charge is 0.258 e. The molecule has 2 saturated carbocycles. The molecular formula is C34H30Cl4N6O4. The SMILES string of the molecule is C[C@@H]1C[C@@H]1C(=O)Nc1cc(NC(=O)c2c(Cl)cccc2Cl)ccn1.C[C@H]1C[C@H]1C(=O)Nc1cc(NC(=O)c2c(Cl)cccc2Cl)ccn1. The van der Waals surface area contributed by atoms with Crippen molar-refractivity contribution in [2.45, 2.75) is 26.7 Å². The van der Waals surface area contributed by atoms with Crippen molar-refractivity contribution in [3.8, 4) is 0 Å². The summed E-state index contributed by atoms with van der Waals surface area (Å²) in [6.45, 7) is 4.06. The fourth-order valence-corrected chi connectivity index (χ4v) is 5.92. The molecule has 0 saturated heterocycles. The second kappa shape index (κ2) is 15.3. The zero-order chi connectivity index (χ0) is 34.5. The molecule has 6 rings (SSSR count). The highest BCUT2D eigenvalue weighted by Gasteiger charge is 2.40. The number of rotatable bonds is 8. The Morgan fingerprint density at radius 2 is 0.917 bits per heavy atom. The summed E-state index contributed by atoms with van der Waals surface area (Å²) in [5, 5.41) is 12.0. The van der Waals surface area contributed by atoms with Gasteiger partial charge in [-0.1, -0.05) is 72.4 Å². The molecule has 4 aromatic rings. The van der Waals surface area contributed by atoms with Gasteiger partial charge in [-0.05, 0) is 61.1 Å². The molecule has 0 unspecified atom stereocenters. The minimum absolute atomic E-state index is 0.0481. The molecule has 2 heterocycles. The first kappa shape index (κ1) is 35.1. The molecule has 4 N–H and O–H groups in total. The lowest BCUT2D eigenvalue weighted by atomic mass is 10.2. The molecule has 48 heavy (non-hydrogen) atoms. The minimum atomic E-state index is -0.426. The van der Waals surface area contributed by atoms with Crippen LogP contribution in [0.25, 0.3) is 0 Å². The van der Waals surface area contributed by atoms with E-state index in [2.05, 4.69) is 31.2 Å². The highest BCUT2D eigenvalue weighted by molar-refractivity contribution is 6.41. The maximum atomic E-state index is 12.4. The number of amides is 4. The summed E-state index contributed by atoms with van der Waals surface area (Å²) >= 11 is 24.1. The van der Waals surface area contributed by atoms with Gasteiger partial charge in [-0.15, -0.1) is 0 Å². The fourth-order valence-electron chi connectivity index (χ4n) is 4.78. The van der Waals surface area contributed by atoms with Gasteiger partial charge in [0.2, 0.25) is 11.8 Å². The molecule has 4 amide bonds. The first-order valence-electron chi connectivity index (χ1n) is 15.0. The number of halogens is 4. The van der Waals surface area contributed by atoms with E-state index in [1.54, 1.807) is 60.7 Å². The van der Waals surface area contributed by atoms with Gasteiger partial charge in [0.05, 0.1) is 31.2 Å². The van der Waals surface area contributed by atoms with Crippen LogP contribution in [0, 0.1) is 23.7 Å². The van der Waals surface area contributed by atoms with Crippen LogP contribution in [0.2, 0.25) is 20.1 Å². The molecule has 0 radical (unpaired) electrons. The van der Waals surface area contributed by atoms with Gasteiger partial charge in [0, 0.05) is 47.7 Å². The molecule has 10 nitrogen and oxygen atoms in total. The van der Waals surface area contributed by atoms with Gasteiger partial charge in [-0.3, -0.25) is 19.2 Å². The van der Waals surface area contributed by atoms with Crippen LogP contribution in [0.4, 0.5) is 23.0 Å². The fraction of sp³-hybridized carbons (Fsp3) is 0.235. The summed E-state index contributed by atoms with van der Waals surface area (Å²) in [6.07, 6.45) is 4.81. The van der Waals surface area contributed by atoms with Gasteiger partial charge in [0.1, 0.15) is 11.6 Å². The molecule has 4 atom stereocenters. The van der Waals surface area contributed by atoms with Crippen LogP contribution in [0.5, 0.6) is 0 Å². The summed E-state index contributed by atoms with van der Waals surface area (Å²) in [5.74, 6) is 0.754. The van der Waals surface area contributed by atoms with Gasteiger partial charge < -0.3 is 21.3 Å². The van der Waals surface area contributed by atoms with Gasteiger partial charge in [-0.2, -0.15) is 0 Å². The second-order valence-electron chi connectivity index (χ2n) is 11.6. The normalized spacial score (nSPS) is 18.8. The Kier molecular flexibility index (Phi) is 11.2. The number of carbonyl (C=O) groups excluding carboxylic acids is 4. The van der Waals surface area contributed by atoms with Crippen molar-refractivity contribution in [1.29, 1.82) is 0 Å². The van der Waals surface area contributed by atoms with Crippen molar-refractivity contribution in [1.82, 2.24) is 9.97 Å². The molecule has 2 aliphatic carbocycles. The molecule has 14 heteroatoms. The first-order valence-corrected chi connectivity index (χ1v) is 16.5. The van der Waals surface area contributed by atoms with E-state index in [1.807, 2.05) is 13.8 Å². The van der Waals surface area contributed by atoms with E-state index in [0.29, 0.717) is 34.8 Å². The summed E-state index contributed by atoms with van der Waals surface area (Å²) in [6, 6.07) is 16.1. The molecule has 2 fully saturated rings. The molecule has 2 aromatic carbocycles. The monoisotopic (exact) mass is 726 g/mol. The van der Waals surface area contributed by atoms with Crippen molar-refractivity contribution >= 4 is 93.0 Å². The van der Waals surface area contributed by atoms with Crippen molar-refractivity contribution in [3.63, 3.8) is 0 Å². The van der Waals surface area contributed by atoms with E-state index in [1.165, 1.54) is 12.4 Å². The number of hydrogen-bond acceptors (Lipinski definition) is 6. The largest absolute Gasteiger partial charge is 0.322 e. The van der Waals surface area contributed by atoms with Crippen molar-refractivity contribution in [3.05, 3.63) is 104 Å². The van der Waals surface area contributed by atoms with Crippen LogP contribution in [-0.2, 0) is 9.59 Å². The average molecular weight is 728 g/mol. The summed E-state index contributed by atoms with van der Waals surface area (Å²) in [5.41, 5.74) is 1.39. The minimum Gasteiger partial charge on any atom is -0.322 e. The van der Waals surface area contributed by atoms with Crippen LogP contribution >= 0.6 is 46.4 Å². The molecular weight excluding hydrogens is 698 g/mol. The Bertz CT molecular complexity index is 1710. The van der Waals surface area contributed by atoms with E-state index in [0.717, 1.165) is 12.8 Å². The topological polar surface area (TPSA) is 142 Å². The van der Waals surface area contributed by atoms with E-state index < -0.39 is 11.8 Å². The molecule has 0 bridgehead atoms. The van der Waals surface area contributed by atoms with Crippen molar-refractivity contribution in [2.24, 2.45) is 23.7 Å². The number of carbonyl (C=O) groups is 4. The third kappa shape index (κ3) is 9.02. The van der Waals surface area contributed by atoms with E-state index in [4.69, 9.17) is 46.4 Å². The van der Waals surface area contributed by atoms with E-state index in [9.17, 15) is 19.2 Å². The van der Waals surface area contributed by atoms with Crippen LogP contribution in [0.3, 0.4) is 0 Å². The molecule has 2 aliphatic rings. The summed E-state index contributed by atoms with van der Waals surface area (Å²) in [7, 11) is 0. The van der Waals surface area contributed by atoms with Crippen molar-refractivity contribution < 1.29 is 19.2 Å². The third-order valence-corrected chi connectivity index (χ3v) is 9.07. The highest BCUT2D eigenvalue weighted by atomic mass is 35.5. The summed E-state index contributed by atoms with van der Waals surface area (Å²) < 4.78 is 0. The number of benzene rings is 2. The Morgan fingerprint density at radius 1 is 0.583 bits per heavy atom. The second-order valence-corrected chi connectivity index (χ2v) is 13.2. The van der Waals surface area contributed by atoms with Gasteiger partial charge in [-0.25, -0.2) is 9.97 Å². The lowest BCUT2D eigenvalue weighted by molar-refractivity contribution is -0.118. The number of pyridine rings is 2. The number of nitrogens with one attached hydrogen (secondary N) is 4. The number of anilines is 4. The number of hydrogen-bond donors (Lipinski definition) is 4. The Labute approximate surface area is 296 Å². The Hall–Kier alpha value is -4.22. The zero-order valence-corrected chi connectivity index (χ0v) is 28.7. The van der Waals surface area contributed by atoms with Gasteiger partial charge >= 0.3 is 0 Å². The molecule has 0 aliphatic heterocycles. The Balaban J connectivity index is 0.000000188. The van der Waals surface area contributed by atoms with Crippen LogP contribution in [0.1, 0.15) is 47.4 Å². The standard InChI is InChI=1S/2C17H15Cl2N3O2/c2*1-9-7-11(9)16(23)22-14-8-10(5-6-20-14)21-17(24)15-12(18)3-2-4-13(15)19/h2*2-6,8-9,11H,7H2,1H3,(H2,20,21,22,23,24)/t2*9-,11+/m10/s1. The van der Waals surface area contributed by atoms with E-state index >= 15 is 0 Å². The predicted molar refractivity (Wildman–Crippen MR) is 189 cm³/mol. The van der Waals surface area contributed by atoms with Gasteiger partial charge in [0.15, 0.2) is 0 Å².